The Hall–Kier alpha value is -2.19. The van der Waals surface area contributed by atoms with Crippen molar-refractivity contribution in [3.63, 3.8) is 0 Å². The monoisotopic (exact) mass is 516 g/mol. The van der Waals surface area contributed by atoms with E-state index in [4.69, 9.17) is 9.47 Å². The molecule has 0 bridgehead atoms. The Morgan fingerprint density at radius 1 is 1.03 bits per heavy atom. The van der Waals surface area contributed by atoms with Crippen molar-refractivity contribution in [2.24, 2.45) is 17.3 Å². The second-order valence-electron chi connectivity index (χ2n) is 13.1. The van der Waals surface area contributed by atoms with Gasteiger partial charge >= 0.3 is 5.97 Å². The van der Waals surface area contributed by atoms with Crippen LogP contribution in [0, 0.1) is 17.3 Å². The molecule has 2 amide bonds. The number of fused-ring (bicyclic) bond motifs is 2. The highest BCUT2D eigenvalue weighted by Crippen LogP contribution is 2.57. The summed E-state index contributed by atoms with van der Waals surface area (Å²) in [5.74, 6) is -2.58. The highest BCUT2D eigenvalue weighted by atomic mass is 16.6. The molecule has 2 saturated heterocycles. The third-order valence-electron chi connectivity index (χ3n) is 8.25. The van der Waals surface area contributed by atoms with Crippen LogP contribution in [0.4, 0.5) is 0 Å². The number of likely N-dealkylation sites (tertiary alicyclic amines) is 1. The number of nitrogens with zero attached hydrogens (tertiary/aromatic N) is 2. The summed E-state index contributed by atoms with van der Waals surface area (Å²) in [5, 5.41) is 9.38. The van der Waals surface area contributed by atoms with Crippen LogP contribution in [0.15, 0.2) is 24.3 Å². The van der Waals surface area contributed by atoms with Gasteiger partial charge in [0.1, 0.15) is 17.6 Å². The fourth-order valence-corrected chi connectivity index (χ4v) is 7.21. The van der Waals surface area contributed by atoms with E-state index < -0.39 is 40.6 Å². The van der Waals surface area contributed by atoms with Gasteiger partial charge in [0.2, 0.25) is 11.8 Å². The number of amides is 2. The number of ether oxygens (including phenoxy) is 2. The molecular weight excluding hydrogens is 472 g/mol. The fourth-order valence-electron chi connectivity index (χ4n) is 7.21. The molecule has 1 unspecified atom stereocenters. The zero-order valence-electron chi connectivity index (χ0n) is 23.3. The number of rotatable bonds is 6. The average Bonchev–Trinajstić information content (AvgIpc) is 3.11. The number of aliphatic hydroxyl groups excluding tert-OH is 1. The van der Waals surface area contributed by atoms with Crippen LogP contribution in [0.2, 0.25) is 0 Å². The van der Waals surface area contributed by atoms with E-state index in [-0.39, 0.29) is 30.4 Å². The second kappa shape index (κ2) is 9.84. The second-order valence-corrected chi connectivity index (χ2v) is 13.1. The van der Waals surface area contributed by atoms with Gasteiger partial charge in [0.25, 0.3) is 0 Å². The Labute approximate surface area is 221 Å². The van der Waals surface area contributed by atoms with E-state index in [9.17, 15) is 19.5 Å². The lowest BCUT2D eigenvalue weighted by Crippen LogP contribution is -2.60. The minimum absolute atomic E-state index is 0.00811. The number of aliphatic hydroxyl groups is 1. The lowest BCUT2D eigenvalue weighted by atomic mass is 9.74. The molecule has 4 rings (SSSR count). The maximum Gasteiger partial charge on any atom is 0.313 e. The molecule has 8 nitrogen and oxygen atoms in total. The van der Waals surface area contributed by atoms with E-state index >= 15 is 0 Å². The van der Waals surface area contributed by atoms with Crippen molar-refractivity contribution < 1.29 is 29.0 Å². The molecule has 4 aliphatic heterocycles. The zero-order valence-corrected chi connectivity index (χ0v) is 23.3. The third kappa shape index (κ3) is 4.87. The van der Waals surface area contributed by atoms with Crippen molar-refractivity contribution in [3.8, 4) is 0 Å². The lowest BCUT2D eigenvalue weighted by molar-refractivity contribution is -0.160. The van der Waals surface area contributed by atoms with Crippen molar-refractivity contribution in [3.05, 3.63) is 24.3 Å². The first-order chi connectivity index (χ1) is 17.3. The van der Waals surface area contributed by atoms with E-state index in [0.717, 1.165) is 12.8 Å². The number of esters is 1. The molecule has 1 spiro atoms. The van der Waals surface area contributed by atoms with E-state index in [1.807, 2.05) is 36.1 Å². The quantitative estimate of drug-likeness (QED) is 0.331. The van der Waals surface area contributed by atoms with E-state index in [0.29, 0.717) is 32.4 Å². The van der Waals surface area contributed by atoms with Crippen molar-refractivity contribution in [1.82, 2.24) is 9.80 Å². The number of hydrogen-bond donors (Lipinski definition) is 1. The molecule has 4 heterocycles. The number of hydrogen-bond acceptors (Lipinski definition) is 6. The average molecular weight is 517 g/mol. The molecule has 0 saturated carbocycles. The summed E-state index contributed by atoms with van der Waals surface area (Å²) >= 11 is 0. The predicted octanol–water partition coefficient (Wildman–Crippen LogP) is 3.24. The number of unbranched alkanes of at least 4 members (excludes halogenated alkanes) is 1. The summed E-state index contributed by atoms with van der Waals surface area (Å²) in [5.41, 5.74) is -2.83. The summed E-state index contributed by atoms with van der Waals surface area (Å²) in [6, 6.07) is -0.893. The van der Waals surface area contributed by atoms with Crippen LogP contribution in [0.1, 0.15) is 73.6 Å². The molecular formula is C29H44N2O6. The van der Waals surface area contributed by atoms with Gasteiger partial charge in [-0.3, -0.25) is 14.4 Å². The first kappa shape index (κ1) is 27.8. The maximum atomic E-state index is 14.5. The van der Waals surface area contributed by atoms with Gasteiger partial charge in [-0.25, -0.2) is 0 Å². The topological polar surface area (TPSA) is 96.4 Å². The van der Waals surface area contributed by atoms with Gasteiger partial charge in [0, 0.05) is 25.2 Å². The SMILES string of the molecule is CC(C)(C)CC(C)(C)N1CC=C[C@]23O[C@]4(C)/C=C\CCCOC(=O)[C@@H]4[C@H]2C(=O)N(CCCCO)C3C1=O. The molecule has 4 aliphatic rings. The lowest BCUT2D eigenvalue weighted by Gasteiger charge is -2.44. The van der Waals surface area contributed by atoms with Crippen molar-refractivity contribution in [2.45, 2.75) is 96.4 Å². The van der Waals surface area contributed by atoms with Crippen LogP contribution in [0.5, 0.6) is 0 Å². The summed E-state index contributed by atoms with van der Waals surface area (Å²) in [7, 11) is 0. The number of carbonyl (C=O) groups excluding carboxylic acids is 3. The Morgan fingerprint density at radius 2 is 1.76 bits per heavy atom. The molecule has 2 fully saturated rings. The Kier molecular flexibility index (Phi) is 7.40. The van der Waals surface area contributed by atoms with Crippen molar-refractivity contribution in [1.29, 1.82) is 0 Å². The van der Waals surface area contributed by atoms with Gasteiger partial charge in [0.15, 0.2) is 0 Å². The molecule has 0 aliphatic carbocycles. The molecule has 0 aromatic rings. The molecule has 0 radical (unpaired) electrons. The van der Waals surface area contributed by atoms with E-state index in [1.54, 1.807) is 4.90 Å². The highest BCUT2D eigenvalue weighted by Gasteiger charge is 2.74. The molecule has 0 aromatic heterocycles. The van der Waals surface area contributed by atoms with Crippen LogP contribution in [-0.4, -0.2) is 81.8 Å². The van der Waals surface area contributed by atoms with Gasteiger partial charge in [-0.05, 0) is 58.3 Å². The minimum Gasteiger partial charge on any atom is -0.465 e. The summed E-state index contributed by atoms with van der Waals surface area (Å²) < 4.78 is 12.4. The summed E-state index contributed by atoms with van der Waals surface area (Å²) in [4.78, 5) is 45.6. The van der Waals surface area contributed by atoms with Crippen LogP contribution in [-0.2, 0) is 23.9 Å². The van der Waals surface area contributed by atoms with Gasteiger partial charge in [0.05, 0.1) is 18.1 Å². The summed E-state index contributed by atoms with van der Waals surface area (Å²) in [6.45, 7) is 13.4. The Balaban J connectivity index is 1.82. The van der Waals surface area contributed by atoms with Crippen LogP contribution in [0.25, 0.3) is 0 Å². The molecule has 8 heteroatoms. The van der Waals surface area contributed by atoms with Gasteiger partial charge < -0.3 is 24.4 Å². The Morgan fingerprint density at radius 3 is 2.43 bits per heavy atom. The minimum atomic E-state index is -1.28. The first-order valence-electron chi connectivity index (χ1n) is 13.7. The van der Waals surface area contributed by atoms with Crippen molar-refractivity contribution in [2.75, 3.05) is 26.3 Å². The molecule has 1 N–H and O–H groups in total. The third-order valence-corrected chi connectivity index (χ3v) is 8.25. The van der Waals surface area contributed by atoms with Crippen LogP contribution in [0.3, 0.4) is 0 Å². The summed E-state index contributed by atoms with van der Waals surface area (Å²) in [6.07, 6.45) is 11.0. The molecule has 0 aromatic carbocycles. The number of carbonyl (C=O) groups is 3. The fraction of sp³-hybridized carbons (Fsp3) is 0.759. The zero-order chi connectivity index (χ0) is 27.2. The van der Waals surface area contributed by atoms with Crippen LogP contribution >= 0.6 is 0 Å². The molecule has 37 heavy (non-hydrogen) atoms. The predicted molar refractivity (Wildman–Crippen MR) is 139 cm³/mol. The van der Waals surface area contributed by atoms with Crippen molar-refractivity contribution >= 4 is 17.8 Å². The van der Waals surface area contributed by atoms with Gasteiger partial charge in [-0.15, -0.1) is 0 Å². The van der Waals surface area contributed by atoms with E-state index in [1.165, 1.54) is 0 Å². The van der Waals surface area contributed by atoms with Gasteiger partial charge in [-0.1, -0.05) is 45.1 Å². The maximum absolute atomic E-state index is 14.5. The normalized spacial score (nSPS) is 35.2. The first-order valence-corrected chi connectivity index (χ1v) is 13.7. The number of allylic oxidation sites excluding steroid dienone is 1. The highest BCUT2D eigenvalue weighted by molar-refractivity contribution is 5.99. The van der Waals surface area contributed by atoms with Gasteiger partial charge in [-0.2, -0.15) is 0 Å². The largest absolute Gasteiger partial charge is 0.465 e. The number of cyclic esters (lactones) is 1. The molecule has 206 valence electrons. The standard InChI is InChI=1S/C29H44N2O6/c1-26(2,3)19-27(4,5)31-16-12-14-29-20(23(33)30(15-9-10-17-32)22(29)24(31)34)21-25(35)36-18-11-7-8-13-28(21,6)37-29/h8,12-14,20-22,32H,7,9-11,15-19H2,1-6H3/b13-8-/t20-,21-,22?,28+,29-/m0/s1. The van der Waals surface area contributed by atoms with Crippen LogP contribution < -0.4 is 0 Å². The Bertz CT molecular complexity index is 981. The molecule has 5 atom stereocenters. The smallest absolute Gasteiger partial charge is 0.313 e. The van der Waals surface area contributed by atoms with E-state index in [2.05, 4.69) is 34.6 Å².